The molecule has 1 fully saturated rings. The Morgan fingerprint density at radius 1 is 0.917 bits per heavy atom. The maximum Gasteiger partial charge on any atom is 0.243 e. The molecule has 0 unspecified atom stereocenters. The second-order valence-electron chi connectivity index (χ2n) is 9.50. The molecule has 0 spiro atoms. The van der Waals surface area contributed by atoms with Crippen LogP contribution in [-0.4, -0.2) is 69.0 Å². The van der Waals surface area contributed by atoms with Gasteiger partial charge in [0.1, 0.15) is 5.82 Å². The van der Waals surface area contributed by atoms with Crippen molar-refractivity contribution in [2.45, 2.75) is 31.7 Å². The third-order valence-corrected chi connectivity index (χ3v) is 8.98. The van der Waals surface area contributed by atoms with E-state index in [2.05, 4.69) is 45.9 Å². The molecule has 2 aliphatic rings. The molecule has 0 radical (unpaired) electrons. The molecule has 36 heavy (non-hydrogen) atoms. The van der Waals surface area contributed by atoms with Crippen LogP contribution >= 0.6 is 0 Å². The van der Waals surface area contributed by atoms with Gasteiger partial charge in [-0.3, -0.25) is 0 Å². The van der Waals surface area contributed by atoms with Gasteiger partial charge in [0.2, 0.25) is 16.0 Å². The number of aryl methyl sites for hydroxylation is 1. The van der Waals surface area contributed by atoms with Gasteiger partial charge in [-0.15, -0.1) is 0 Å². The van der Waals surface area contributed by atoms with Crippen molar-refractivity contribution in [3.05, 3.63) is 71.4 Å². The van der Waals surface area contributed by atoms with Crippen LogP contribution in [0.25, 0.3) is 0 Å². The molecule has 1 saturated heterocycles. The van der Waals surface area contributed by atoms with E-state index in [1.54, 1.807) is 22.5 Å². The van der Waals surface area contributed by atoms with Crippen LogP contribution in [-0.2, 0) is 23.0 Å². The van der Waals surface area contributed by atoms with Crippen LogP contribution in [0.5, 0.6) is 0 Å². The quantitative estimate of drug-likeness (QED) is 0.508. The Morgan fingerprint density at radius 2 is 1.64 bits per heavy atom. The highest BCUT2D eigenvalue weighted by Gasteiger charge is 2.33. The fourth-order valence-corrected chi connectivity index (χ4v) is 6.41. The van der Waals surface area contributed by atoms with Crippen molar-refractivity contribution in [2.75, 3.05) is 61.0 Å². The average Bonchev–Trinajstić information content (AvgIpc) is 2.92. The Morgan fingerprint density at radius 3 is 2.33 bits per heavy atom. The van der Waals surface area contributed by atoms with E-state index < -0.39 is 10.0 Å². The maximum atomic E-state index is 13.4. The Hall–Kier alpha value is -3.17. The molecular weight excluding hydrogens is 472 g/mol. The number of piperazine rings is 1. The number of rotatable bonds is 6. The maximum absolute atomic E-state index is 13.4. The standard InChI is InChI=1S/C27H34N6O2S/c1-4-30(3)26-24-20-33(36(34,35)23-12-8-9-21(2)19-23)14-13-25(24)28-27(29-26)32-17-15-31(16-18-32)22-10-6-5-7-11-22/h5-12,19H,4,13-18,20H2,1-3H3. The van der Waals surface area contributed by atoms with Crippen LogP contribution < -0.4 is 14.7 Å². The summed E-state index contributed by atoms with van der Waals surface area (Å²) in [5.41, 5.74) is 4.04. The summed E-state index contributed by atoms with van der Waals surface area (Å²) in [6, 6.07) is 17.6. The van der Waals surface area contributed by atoms with E-state index in [0.29, 0.717) is 17.9 Å². The lowest BCUT2D eigenvalue weighted by Crippen LogP contribution is -2.47. The summed E-state index contributed by atoms with van der Waals surface area (Å²) in [6.07, 6.45) is 0.574. The Bertz CT molecular complexity index is 1320. The molecule has 190 valence electrons. The predicted octanol–water partition coefficient (Wildman–Crippen LogP) is 3.31. The molecule has 0 amide bonds. The first-order valence-corrected chi connectivity index (χ1v) is 14.0. The van der Waals surface area contributed by atoms with E-state index in [1.807, 2.05) is 26.1 Å². The summed E-state index contributed by atoms with van der Waals surface area (Å²) in [4.78, 5) is 17.0. The van der Waals surface area contributed by atoms with Crippen LogP contribution in [0.2, 0.25) is 0 Å². The molecule has 2 aromatic carbocycles. The molecule has 0 aliphatic carbocycles. The molecule has 9 heteroatoms. The van der Waals surface area contributed by atoms with Crippen LogP contribution in [0.15, 0.2) is 59.5 Å². The summed E-state index contributed by atoms with van der Waals surface area (Å²) in [5.74, 6) is 1.57. The smallest absolute Gasteiger partial charge is 0.243 e. The summed E-state index contributed by atoms with van der Waals surface area (Å²) in [6.45, 7) is 8.97. The SMILES string of the molecule is CCN(C)c1nc(N2CCN(c3ccccc3)CC2)nc2c1CN(S(=O)(=O)c1cccc(C)c1)CC2. The molecule has 1 aromatic heterocycles. The number of aromatic nitrogens is 2. The second kappa shape index (κ2) is 10.1. The molecule has 8 nitrogen and oxygen atoms in total. The number of sulfonamides is 1. The van der Waals surface area contributed by atoms with Gasteiger partial charge in [0, 0.05) is 70.5 Å². The topological polar surface area (TPSA) is 72.9 Å². The van der Waals surface area contributed by atoms with Gasteiger partial charge in [0.15, 0.2) is 0 Å². The molecule has 0 saturated carbocycles. The minimum atomic E-state index is -3.60. The monoisotopic (exact) mass is 506 g/mol. The van der Waals surface area contributed by atoms with Crippen molar-refractivity contribution in [2.24, 2.45) is 0 Å². The first-order chi connectivity index (χ1) is 17.4. The average molecular weight is 507 g/mol. The van der Waals surface area contributed by atoms with E-state index in [1.165, 1.54) is 5.69 Å². The van der Waals surface area contributed by atoms with Gasteiger partial charge in [0.05, 0.1) is 10.6 Å². The van der Waals surface area contributed by atoms with E-state index in [-0.39, 0.29) is 6.54 Å². The highest BCUT2D eigenvalue weighted by molar-refractivity contribution is 7.89. The van der Waals surface area contributed by atoms with Gasteiger partial charge in [-0.05, 0) is 43.7 Å². The summed E-state index contributed by atoms with van der Waals surface area (Å²) in [7, 11) is -1.59. The van der Waals surface area contributed by atoms with E-state index >= 15 is 0 Å². The van der Waals surface area contributed by atoms with Crippen LogP contribution in [0.1, 0.15) is 23.7 Å². The number of anilines is 3. The third kappa shape index (κ3) is 4.77. The Labute approximate surface area is 214 Å². The van der Waals surface area contributed by atoms with Crippen LogP contribution in [0.3, 0.4) is 0 Å². The minimum absolute atomic E-state index is 0.285. The molecule has 2 aliphatic heterocycles. The Balaban J connectivity index is 1.40. The third-order valence-electron chi connectivity index (χ3n) is 7.14. The minimum Gasteiger partial charge on any atom is -0.368 e. The van der Waals surface area contributed by atoms with E-state index in [9.17, 15) is 8.42 Å². The Kier molecular flexibility index (Phi) is 6.85. The molecule has 3 aromatic rings. The van der Waals surface area contributed by atoms with Gasteiger partial charge in [-0.25, -0.2) is 13.4 Å². The van der Waals surface area contributed by atoms with E-state index in [4.69, 9.17) is 9.97 Å². The lowest BCUT2D eigenvalue weighted by atomic mass is 10.1. The van der Waals surface area contributed by atoms with Crippen molar-refractivity contribution >= 4 is 27.5 Å². The molecular formula is C27H34N6O2S. The van der Waals surface area contributed by atoms with Crippen molar-refractivity contribution < 1.29 is 8.42 Å². The van der Waals surface area contributed by atoms with Gasteiger partial charge in [0.25, 0.3) is 0 Å². The zero-order valence-corrected chi connectivity index (χ0v) is 22.1. The number of hydrogen-bond donors (Lipinski definition) is 0. The number of nitrogens with zero attached hydrogens (tertiary/aromatic N) is 6. The van der Waals surface area contributed by atoms with Crippen molar-refractivity contribution in [3.63, 3.8) is 0 Å². The fraction of sp³-hybridized carbons (Fsp3) is 0.407. The number of fused-ring (bicyclic) bond motifs is 1. The van der Waals surface area contributed by atoms with E-state index in [0.717, 1.165) is 61.3 Å². The second-order valence-corrected chi connectivity index (χ2v) is 11.4. The van der Waals surface area contributed by atoms with Gasteiger partial charge >= 0.3 is 0 Å². The number of hydrogen-bond acceptors (Lipinski definition) is 7. The molecule has 3 heterocycles. The zero-order chi connectivity index (χ0) is 25.3. The van der Waals surface area contributed by atoms with Crippen molar-refractivity contribution in [3.8, 4) is 0 Å². The molecule has 0 bridgehead atoms. The summed E-state index contributed by atoms with van der Waals surface area (Å²) in [5, 5.41) is 0. The van der Waals surface area contributed by atoms with Crippen molar-refractivity contribution in [1.29, 1.82) is 0 Å². The molecule has 5 rings (SSSR count). The fourth-order valence-electron chi connectivity index (χ4n) is 4.90. The van der Waals surface area contributed by atoms with Crippen LogP contribution in [0.4, 0.5) is 17.5 Å². The highest BCUT2D eigenvalue weighted by Crippen LogP contribution is 2.32. The first-order valence-electron chi connectivity index (χ1n) is 12.6. The summed E-state index contributed by atoms with van der Waals surface area (Å²) >= 11 is 0. The van der Waals surface area contributed by atoms with Gasteiger partial charge in [-0.2, -0.15) is 9.29 Å². The lowest BCUT2D eigenvalue weighted by molar-refractivity contribution is 0.387. The first kappa shape index (κ1) is 24.5. The predicted molar refractivity (Wildman–Crippen MR) is 144 cm³/mol. The zero-order valence-electron chi connectivity index (χ0n) is 21.3. The van der Waals surface area contributed by atoms with Crippen molar-refractivity contribution in [1.82, 2.24) is 14.3 Å². The molecule has 0 N–H and O–H groups in total. The number of benzene rings is 2. The summed E-state index contributed by atoms with van der Waals surface area (Å²) < 4.78 is 28.4. The van der Waals surface area contributed by atoms with Crippen LogP contribution in [0, 0.1) is 6.92 Å². The normalized spacial score (nSPS) is 16.6. The van der Waals surface area contributed by atoms with Gasteiger partial charge < -0.3 is 14.7 Å². The van der Waals surface area contributed by atoms with Gasteiger partial charge in [-0.1, -0.05) is 30.3 Å². The largest absolute Gasteiger partial charge is 0.368 e. The highest BCUT2D eigenvalue weighted by atomic mass is 32.2. The molecule has 0 atom stereocenters. The number of para-hydroxylation sites is 1. The lowest BCUT2D eigenvalue weighted by Gasteiger charge is -2.37.